The number of esters is 2. The Kier molecular flexibility index (Phi) is 56.4. The highest BCUT2D eigenvalue weighted by Crippen LogP contribution is 2.38. The first-order valence-electron chi connectivity index (χ1n) is 31.7. The minimum Gasteiger partial charge on any atom is -0.756 e. The summed E-state index contributed by atoms with van der Waals surface area (Å²) in [5.41, 5.74) is 0. The molecule has 0 saturated heterocycles. The third kappa shape index (κ3) is 63.5. The van der Waals surface area contributed by atoms with Crippen LogP contribution >= 0.6 is 7.82 Å². The van der Waals surface area contributed by atoms with E-state index in [1.165, 1.54) is 109 Å². The largest absolute Gasteiger partial charge is 0.756 e. The van der Waals surface area contributed by atoms with Crippen LogP contribution in [0, 0.1) is 0 Å². The van der Waals surface area contributed by atoms with E-state index in [0.29, 0.717) is 17.4 Å². The highest BCUT2D eigenvalue weighted by Gasteiger charge is 2.22. The summed E-state index contributed by atoms with van der Waals surface area (Å²) in [6, 6.07) is 0. The Balaban J connectivity index is 4.06. The monoisotopic (exact) mass is 1120 g/mol. The number of phosphoric ester groups is 1. The first kappa shape index (κ1) is 75.4. The smallest absolute Gasteiger partial charge is 0.306 e. The molecule has 0 saturated carbocycles. The molecule has 0 aliphatic carbocycles. The summed E-state index contributed by atoms with van der Waals surface area (Å²) in [5, 5.41) is 0. The van der Waals surface area contributed by atoms with Crippen molar-refractivity contribution in [3.8, 4) is 0 Å². The highest BCUT2D eigenvalue weighted by molar-refractivity contribution is 7.45. The number of phosphoric acid groups is 1. The van der Waals surface area contributed by atoms with Crippen LogP contribution in [0.25, 0.3) is 0 Å². The molecule has 9 nitrogen and oxygen atoms in total. The van der Waals surface area contributed by atoms with Gasteiger partial charge < -0.3 is 27.9 Å². The van der Waals surface area contributed by atoms with Gasteiger partial charge in [0.15, 0.2) is 6.10 Å². The minimum atomic E-state index is -4.64. The Hall–Kier alpha value is -3.59. The van der Waals surface area contributed by atoms with Crippen LogP contribution in [0.15, 0.2) is 122 Å². The summed E-state index contributed by atoms with van der Waals surface area (Å²) in [6.45, 7) is 4.12. The number of likely N-dealkylation sites (N-methyl/N-ethyl adjacent to an activating group) is 1. The lowest BCUT2D eigenvalue weighted by Gasteiger charge is -2.28. The van der Waals surface area contributed by atoms with E-state index in [1.54, 1.807) is 0 Å². The van der Waals surface area contributed by atoms with Gasteiger partial charge in [0.1, 0.15) is 19.8 Å². The molecule has 0 N–H and O–H groups in total. The van der Waals surface area contributed by atoms with Gasteiger partial charge in [-0.2, -0.15) is 0 Å². The molecule has 10 heteroatoms. The van der Waals surface area contributed by atoms with Gasteiger partial charge in [0.25, 0.3) is 7.82 Å². The van der Waals surface area contributed by atoms with Crippen LogP contribution in [0.5, 0.6) is 0 Å². The van der Waals surface area contributed by atoms with E-state index in [4.69, 9.17) is 18.5 Å². The molecule has 0 aromatic carbocycles. The zero-order valence-electron chi connectivity index (χ0n) is 51.3. The van der Waals surface area contributed by atoms with E-state index in [-0.39, 0.29) is 32.0 Å². The fourth-order valence-corrected chi connectivity index (χ4v) is 9.12. The Morgan fingerprint density at radius 3 is 1.08 bits per heavy atom. The Bertz CT molecular complexity index is 1750. The van der Waals surface area contributed by atoms with Crippen LogP contribution < -0.4 is 4.89 Å². The Morgan fingerprint density at radius 2 is 0.722 bits per heavy atom. The fourth-order valence-electron chi connectivity index (χ4n) is 8.39. The lowest BCUT2D eigenvalue weighted by atomic mass is 10.0. The molecule has 2 atom stereocenters. The number of hydrogen-bond donors (Lipinski definition) is 0. The molecule has 0 aromatic rings. The molecular weight excluding hydrogens is 1000 g/mol. The molecule has 0 aliphatic rings. The van der Waals surface area contributed by atoms with E-state index < -0.39 is 26.5 Å². The maximum Gasteiger partial charge on any atom is 0.306 e. The van der Waals surface area contributed by atoms with E-state index in [1.807, 2.05) is 21.1 Å². The summed E-state index contributed by atoms with van der Waals surface area (Å²) in [7, 11) is 1.16. The molecule has 0 aromatic heterocycles. The van der Waals surface area contributed by atoms with Crippen LogP contribution in [0.3, 0.4) is 0 Å². The molecular formula is C69H118NO8P. The van der Waals surface area contributed by atoms with Crippen molar-refractivity contribution in [2.24, 2.45) is 0 Å². The van der Waals surface area contributed by atoms with Gasteiger partial charge in [-0.05, 0) is 89.9 Å². The van der Waals surface area contributed by atoms with E-state index in [9.17, 15) is 19.0 Å². The van der Waals surface area contributed by atoms with Gasteiger partial charge in [-0.1, -0.05) is 270 Å². The van der Waals surface area contributed by atoms with Crippen molar-refractivity contribution < 1.29 is 42.1 Å². The molecule has 0 heterocycles. The Labute approximate surface area is 486 Å². The quantitative estimate of drug-likeness (QED) is 0.0195. The molecule has 0 spiro atoms. The average Bonchev–Trinajstić information content (AvgIpc) is 3.41. The van der Waals surface area contributed by atoms with Crippen molar-refractivity contribution in [1.82, 2.24) is 0 Å². The van der Waals surface area contributed by atoms with Crippen LogP contribution in [0.4, 0.5) is 0 Å². The lowest BCUT2D eigenvalue weighted by Crippen LogP contribution is -2.37. The molecule has 0 rings (SSSR count). The molecule has 452 valence electrons. The van der Waals surface area contributed by atoms with E-state index >= 15 is 0 Å². The van der Waals surface area contributed by atoms with Crippen LogP contribution in [-0.4, -0.2) is 70.0 Å². The van der Waals surface area contributed by atoms with Gasteiger partial charge in [-0.25, -0.2) is 0 Å². The SMILES string of the molecule is CC/C=C\C/C=C\C/C=C\C/C=C\C/C=C\C/C=C\C/C=C\C/C=C\C/C=C\C/C=C\CCCCCCCCCCCCC(=O)OC(COC(=O)CCCCCCCCCCCCCCCC)COP(=O)([O-])OCC[N+](C)(C)C. The number of quaternary nitrogens is 1. The first-order chi connectivity index (χ1) is 38.5. The number of hydrogen-bond acceptors (Lipinski definition) is 8. The van der Waals surface area contributed by atoms with Gasteiger partial charge in [0, 0.05) is 12.8 Å². The molecule has 0 amide bonds. The number of carbonyl (C=O) groups excluding carboxylic acids is 2. The predicted octanol–water partition coefficient (Wildman–Crippen LogP) is 19.7. The molecule has 0 bridgehead atoms. The maximum atomic E-state index is 12.8. The molecule has 0 radical (unpaired) electrons. The van der Waals surface area contributed by atoms with Crippen molar-refractivity contribution in [1.29, 1.82) is 0 Å². The number of unbranched alkanes of at least 4 members (excludes halogenated alkanes) is 23. The third-order valence-electron chi connectivity index (χ3n) is 13.2. The molecule has 2 unspecified atom stereocenters. The number of rotatable bonds is 57. The van der Waals surface area contributed by atoms with Crippen molar-refractivity contribution in [3.63, 3.8) is 0 Å². The Morgan fingerprint density at radius 1 is 0.405 bits per heavy atom. The predicted molar refractivity (Wildman–Crippen MR) is 337 cm³/mol. The van der Waals surface area contributed by atoms with Crippen LogP contribution in [0.2, 0.25) is 0 Å². The second kappa shape index (κ2) is 59.0. The summed E-state index contributed by atoms with van der Waals surface area (Å²) in [5.74, 6) is -0.838. The highest BCUT2D eigenvalue weighted by atomic mass is 31.2. The number of allylic oxidation sites excluding steroid dienone is 20. The lowest BCUT2D eigenvalue weighted by molar-refractivity contribution is -0.870. The standard InChI is InChI=1S/C69H118NO8P/c1-6-8-10-12-14-16-18-20-22-23-24-25-26-27-28-29-30-31-32-33-34-35-36-37-38-39-40-41-42-43-44-45-46-47-48-50-52-54-56-58-60-62-69(72)78-67(66-77-79(73,74)76-64-63-70(3,4)5)65-75-68(71)61-59-57-55-53-51-49-21-19-17-15-13-11-9-7-2/h8,10,14,16,20,22,24-25,27-28,30-31,33-34,36-37,39-40,42-43,67H,6-7,9,11-13,15,17-19,21,23,26,29,32,35,38,41,44-66H2,1-5H3/b10-8-,16-14-,22-20-,25-24-,28-27-,31-30-,34-33-,37-36-,40-39-,43-42-. The maximum absolute atomic E-state index is 12.8. The van der Waals surface area contributed by atoms with Gasteiger partial charge in [-0.15, -0.1) is 0 Å². The van der Waals surface area contributed by atoms with E-state index in [0.717, 1.165) is 109 Å². The molecule has 0 aliphatic heterocycles. The van der Waals surface area contributed by atoms with Gasteiger partial charge in [0.05, 0.1) is 27.7 Å². The average molecular weight is 1120 g/mol. The number of ether oxygens (including phenoxy) is 2. The topological polar surface area (TPSA) is 111 Å². The van der Waals surface area contributed by atoms with Crippen LogP contribution in [-0.2, 0) is 32.7 Å². The zero-order valence-corrected chi connectivity index (χ0v) is 52.2. The van der Waals surface area contributed by atoms with Crippen LogP contribution in [0.1, 0.15) is 251 Å². The van der Waals surface area contributed by atoms with Crippen molar-refractivity contribution in [2.45, 2.75) is 258 Å². The van der Waals surface area contributed by atoms with Gasteiger partial charge in [0.2, 0.25) is 0 Å². The number of nitrogens with zero attached hydrogens (tertiary/aromatic N) is 1. The normalized spacial score (nSPS) is 14.1. The van der Waals surface area contributed by atoms with E-state index in [2.05, 4.69) is 135 Å². The second-order valence-electron chi connectivity index (χ2n) is 22.0. The summed E-state index contributed by atoms with van der Waals surface area (Å²) in [4.78, 5) is 37.8. The third-order valence-corrected chi connectivity index (χ3v) is 14.2. The van der Waals surface area contributed by atoms with Gasteiger partial charge >= 0.3 is 11.9 Å². The molecule has 79 heavy (non-hydrogen) atoms. The van der Waals surface area contributed by atoms with Crippen molar-refractivity contribution in [2.75, 3.05) is 47.5 Å². The zero-order chi connectivity index (χ0) is 57.7. The second-order valence-corrected chi connectivity index (χ2v) is 23.5. The summed E-state index contributed by atoms with van der Waals surface area (Å²) < 4.78 is 34.1. The van der Waals surface area contributed by atoms with Crippen molar-refractivity contribution >= 4 is 19.8 Å². The summed E-state index contributed by atoms with van der Waals surface area (Å²) in [6.07, 6.45) is 84.0. The number of carbonyl (C=O) groups is 2. The van der Waals surface area contributed by atoms with Gasteiger partial charge in [-0.3, -0.25) is 14.2 Å². The summed E-state index contributed by atoms with van der Waals surface area (Å²) >= 11 is 0. The first-order valence-corrected chi connectivity index (χ1v) is 33.2. The molecule has 0 fully saturated rings. The van der Waals surface area contributed by atoms with Crippen molar-refractivity contribution in [3.05, 3.63) is 122 Å². The minimum absolute atomic E-state index is 0.0351. The fraction of sp³-hybridized carbons (Fsp3) is 0.681.